The Hall–Kier alpha value is -1.33. The lowest BCUT2D eigenvalue weighted by Gasteiger charge is -2.26. The van der Waals surface area contributed by atoms with Crippen molar-refractivity contribution in [1.82, 2.24) is 10.2 Å². The molecule has 2 aliphatic rings. The molecule has 2 heterocycles. The molecule has 1 N–H and O–H groups in total. The van der Waals surface area contributed by atoms with Crippen molar-refractivity contribution in [1.29, 1.82) is 0 Å². The Morgan fingerprint density at radius 1 is 1.15 bits per heavy atom. The minimum atomic E-state index is -0.140. The minimum Gasteiger partial charge on any atom is -0.316 e. The summed E-state index contributed by atoms with van der Waals surface area (Å²) in [5, 5.41) is 3.26. The van der Waals surface area contributed by atoms with Gasteiger partial charge in [0.2, 0.25) is 0 Å². The zero-order valence-corrected chi connectivity index (χ0v) is 12.1. The summed E-state index contributed by atoms with van der Waals surface area (Å²) in [4.78, 5) is 25.6. The fourth-order valence-corrected chi connectivity index (χ4v) is 3.55. The van der Waals surface area contributed by atoms with Crippen LogP contribution in [0.3, 0.4) is 0 Å². The second kappa shape index (κ2) is 5.97. The molecule has 0 bridgehead atoms. The van der Waals surface area contributed by atoms with E-state index in [1.807, 2.05) is 11.8 Å². The number of nitrogens with zero attached hydrogens (tertiary/aromatic N) is 1. The topological polar surface area (TPSA) is 49.4 Å². The normalized spacial score (nSPS) is 18.3. The number of fused-ring (bicyclic) bond motifs is 1. The van der Waals surface area contributed by atoms with E-state index in [0.29, 0.717) is 17.7 Å². The van der Waals surface area contributed by atoms with Gasteiger partial charge in [0.05, 0.1) is 11.1 Å². The molecule has 0 atom stereocenters. The Balaban J connectivity index is 1.46. The Morgan fingerprint density at radius 2 is 1.80 bits per heavy atom. The number of thioether (sulfide) groups is 1. The van der Waals surface area contributed by atoms with Crippen LogP contribution in [0.2, 0.25) is 0 Å². The van der Waals surface area contributed by atoms with Crippen molar-refractivity contribution in [3.63, 3.8) is 0 Å². The van der Waals surface area contributed by atoms with E-state index in [9.17, 15) is 9.59 Å². The van der Waals surface area contributed by atoms with Crippen LogP contribution in [-0.4, -0.2) is 47.9 Å². The smallest absolute Gasteiger partial charge is 0.261 e. The lowest BCUT2D eigenvalue weighted by molar-refractivity contribution is 0.0655. The van der Waals surface area contributed by atoms with Crippen LogP contribution in [0.5, 0.6) is 0 Å². The van der Waals surface area contributed by atoms with Crippen LogP contribution in [0, 0.1) is 5.92 Å². The Labute approximate surface area is 122 Å². The molecule has 0 spiro atoms. The molecule has 0 saturated carbocycles. The van der Waals surface area contributed by atoms with Gasteiger partial charge in [-0.25, -0.2) is 0 Å². The van der Waals surface area contributed by atoms with Gasteiger partial charge in [-0.2, -0.15) is 11.8 Å². The Morgan fingerprint density at radius 3 is 2.35 bits per heavy atom. The summed E-state index contributed by atoms with van der Waals surface area (Å²) in [6, 6.07) is 7.06. The first-order valence-corrected chi connectivity index (χ1v) is 8.16. The monoisotopic (exact) mass is 290 g/mol. The summed E-state index contributed by atoms with van der Waals surface area (Å²) in [6.07, 6.45) is 0.871. The summed E-state index contributed by atoms with van der Waals surface area (Å²) >= 11 is 1.92. The van der Waals surface area contributed by atoms with E-state index in [1.165, 1.54) is 10.7 Å². The highest BCUT2D eigenvalue weighted by molar-refractivity contribution is 7.99. The van der Waals surface area contributed by atoms with Gasteiger partial charge in [-0.15, -0.1) is 0 Å². The van der Waals surface area contributed by atoms with Crippen LogP contribution >= 0.6 is 11.8 Å². The number of carbonyl (C=O) groups is 2. The van der Waals surface area contributed by atoms with Crippen LogP contribution in [0.25, 0.3) is 0 Å². The van der Waals surface area contributed by atoms with Gasteiger partial charge < -0.3 is 5.32 Å². The van der Waals surface area contributed by atoms with Crippen molar-refractivity contribution in [2.24, 2.45) is 5.92 Å². The van der Waals surface area contributed by atoms with E-state index < -0.39 is 0 Å². The lowest BCUT2D eigenvalue weighted by atomic mass is 10.1. The summed E-state index contributed by atoms with van der Waals surface area (Å²) in [6.45, 7) is 2.79. The van der Waals surface area contributed by atoms with E-state index in [0.717, 1.165) is 31.2 Å². The molecule has 0 radical (unpaired) electrons. The maximum atomic E-state index is 12.1. The molecule has 0 aliphatic carbocycles. The molecule has 1 aromatic carbocycles. The van der Waals surface area contributed by atoms with Crippen molar-refractivity contribution >= 4 is 23.6 Å². The number of hydrogen-bond acceptors (Lipinski definition) is 4. The van der Waals surface area contributed by atoms with E-state index in [-0.39, 0.29) is 11.8 Å². The predicted molar refractivity (Wildman–Crippen MR) is 80.1 cm³/mol. The summed E-state index contributed by atoms with van der Waals surface area (Å²) in [5.74, 6) is 2.70. The molecular formula is C15H18N2O2S. The second-order valence-corrected chi connectivity index (χ2v) is 6.41. The quantitative estimate of drug-likeness (QED) is 0.639. The lowest BCUT2D eigenvalue weighted by Crippen LogP contribution is -2.43. The first-order valence-electron chi connectivity index (χ1n) is 7.01. The maximum absolute atomic E-state index is 12.1. The average molecular weight is 290 g/mol. The first kappa shape index (κ1) is 13.6. The van der Waals surface area contributed by atoms with Gasteiger partial charge in [-0.05, 0) is 49.1 Å². The molecule has 1 aromatic rings. The number of imide groups is 1. The highest BCUT2D eigenvalue weighted by atomic mass is 32.2. The van der Waals surface area contributed by atoms with Gasteiger partial charge >= 0.3 is 0 Å². The molecule has 1 saturated heterocycles. The van der Waals surface area contributed by atoms with Crippen LogP contribution in [0.1, 0.15) is 27.1 Å². The fraction of sp³-hybridized carbons (Fsp3) is 0.467. The Kier molecular flexibility index (Phi) is 4.08. The summed E-state index contributed by atoms with van der Waals surface area (Å²) in [7, 11) is 0. The van der Waals surface area contributed by atoms with Crippen molar-refractivity contribution in [2.45, 2.75) is 6.42 Å². The predicted octanol–water partition coefficient (Wildman–Crippen LogP) is 1.63. The molecule has 2 amide bonds. The van der Waals surface area contributed by atoms with Gasteiger partial charge in [0, 0.05) is 6.54 Å². The van der Waals surface area contributed by atoms with Crippen LogP contribution in [0.15, 0.2) is 24.3 Å². The third-order valence-electron chi connectivity index (χ3n) is 3.77. The minimum absolute atomic E-state index is 0.140. The molecule has 2 aliphatic heterocycles. The van der Waals surface area contributed by atoms with E-state index in [2.05, 4.69) is 5.32 Å². The van der Waals surface area contributed by atoms with Gasteiger partial charge in [-0.3, -0.25) is 14.5 Å². The van der Waals surface area contributed by atoms with Gasteiger partial charge in [0.15, 0.2) is 0 Å². The van der Waals surface area contributed by atoms with E-state index in [1.54, 1.807) is 24.3 Å². The average Bonchev–Trinajstić information content (AvgIpc) is 2.66. The number of hydrogen-bond donors (Lipinski definition) is 1. The number of benzene rings is 1. The second-order valence-electron chi connectivity index (χ2n) is 5.26. The molecule has 20 heavy (non-hydrogen) atoms. The van der Waals surface area contributed by atoms with Crippen molar-refractivity contribution in [3.05, 3.63) is 35.4 Å². The molecule has 4 nitrogen and oxygen atoms in total. The highest BCUT2D eigenvalue weighted by Gasteiger charge is 2.34. The summed E-state index contributed by atoms with van der Waals surface area (Å²) in [5.41, 5.74) is 1.09. The van der Waals surface area contributed by atoms with Crippen molar-refractivity contribution in [2.75, 3.05) is 31.1 Å². The van der Waals surface area contributed by atoms with Crippen molar-refractivity contribution < 1.29 is 9.59 Å². The molecule has 106 valence electrons. The van der Waals surface area contributed by atoms with Gasteiger partial charge in [0.25, 0.3) is 11.8 Å². The Bertz CT molecular complexity index is 493. The third-order valence-corrected chi connectivity index (χ3v) is 5.05. The first-order chi connectivity index (χ1) is 9.77. The largest absolute Gasteiger partial charge is 0.316 e. The molecule has 5 heteroatoms. The van der Waals surface area contributed by atoms with Crippen LogP contribution in [0.4, 0.5) is 0 Å². The maximum Gasteiger partial charge on any atom is 0.261 e. The zero-order chi connectivity index (χ0) is 13.9. The molecule has 0 unspecified atom stereocenters. The van der Waals surface area contributed by atoms with Crippen molar-refractivity contribution in [3.8, 4) is 0 Å². The molecule has 1 fully saturated rings. The number of carbonyl (C=O) groups excluding carboxylic acids is 2. The number of nitrogens with one attached hydrogen (secondary N) is 1. The third kappa shape index (κ3) is 2.60. The zero-order valence-electron chi connectivity index (χ0n) is 11.3. The number of rotatable bonds is 6. The van der Waals surface area contributed by atoms with E-state index >= 15 is 0 Å². The molecular weight excluding hydrogens is 272 g/mol. The SMILES string of the molecule is O=C1c2ccccc2C(=O)N1CCCSCC1CNC1. The standard InChI is InChI=1S/C15H18N2O2S/c18-14-12-4-1-2-5-13(12)15(19)17(14)6-3-7-20-10-11-8-16-9-11/h1-2,4-5,11,16H,3,6-10H2. The van der Waals surface area contributed by atoms with Crippen LogP contribution < -0.4 is 5.32 Å². The highest BCUT2D eigenvalue weighted by Crippen LogP contribution is 2.23. The number of amides is 2. The van der Waals surface area contributed by atoms with Gasteiger partial charge in [-0.1, -0.05) is 12.1 Å². The fourth-order valence-electron chi connectivity index (χ4n) is 2.48. The summed E-state index contributed by atoms with van der Waals surface area (Å²) < 4.78 is 0. The molecule has 0 aromatic heterocycles. The van der Waals surface area contributed by atoms with Crippen LogP contribution in [-0.2, 0) is 0 Å². The van der Waals surface area contributed by atoms with E-state index in [4.69, 9.17) is 0 Å². The van der Waals surface area contributed by atoms with Gasteiger partial charge in [0.1, 0.15) is 0 Å². The molecule has 3 rings (SSSR count).